The van der Waals surface area contributed by atoms with Gasteiger partial charge in [0.05, 0.1) is 18.3 Å². The van der Waals surface area contributed by atoms with Gasteiger partial charge in [-0.25, -0.2) is 4.98 Å². The van der Waals surface area contributed by atoms with Crippen molar-refractivity contribution in [2.45, 2.75) is 40.7 Å². The number of fused-ring (bicyclic) bond motifs is 1. The SMILES string of the molecule is CCc1cc2c(=O)n(CC(=O)c3ccc(NC(=O)C(C)(C)C)cc3)cnc2s1. The van der Waals surface area contributed by atoms with Gasteiger partial charge in [0.2, 0.25) is 5.91 Å². The number of nitrogens with zero attached hydrogens (tertiary/aromatic N) is 2. The van der Waals surface area contributed by atoms with Gasteiger partial charge in [-0.05, 0) is 36.8 Å². The van der Waals surface area contributed by atoms with Gasteiger partial charge < -0.3 is 5.32 Å². The lowest BCUT2D eigenvalue weighted by Gasteiger charge is -2.17. The Morgan fingerprint density at radius 2 is 1.86 bits per heavy atom. The summed E-state index contributed by atoms with van der Waals surface area (Å²) < 4.78 is 1.34. The van der Waals surface area contributed by atoms with Crippen LogP contribution in [0.1, 0.15) is 42.9 Å². The van der Waals surface area contributed by atoms with Crippen LogP contribution in [0.2, 0.25) is 0 Å². The fourth-order valence-electron chi connectivity index (χ4n) is 2.60. The first-order chi connectivity index (χ1) is 13.2. The van der Waals surface area contributed by atoms with Crippen molar-refractivity contribution in [3.63, 3.8) is 0 Å². The van der Waals surface area contributed by atoms with Crippen LogP contribution in [0.4, 0.5) is 5.69 Å². The Kier molecular flexibility index (Phi) is 5.47. The number of aryl methyl sites for hydroxylation is 1. The molecule has 7 heteroatoms. The molecule has 0 radical (unpaired) electrons. The maximum Gasteiger partial charge on any atom is 0.262 e. The predicted molar refractivity (Wildman–Crippen MR) is 112 cm³/mol. The Labute approximate surface area is 167 Å². The summed E-state index contributed by atoms with van der Waals surface area (Å²) in [6, 6.07) is 8.53. The smallest absolute Gasteiger partial charge is 0.262 e. The number of nitrogens with one attached hydrogen (secondary N) is 1. The van der Waals surface area contributed by atoms with Crippen molar-refractivity contribution in [3.8, 4) is 0 Å². The molecule has 0 saturated carbocycles. The van der Waals surface area contributed by atoms with Crippen LogP contribution in [0.3, 0.4) is 0 Å². The van der Waals surface area contributed by atoms with Gasteiger partial charge in [-0.3, -0.25) is 19.0 Å². The number of amides is 1. The molecule has 0 atom stereocenters. The minimum absolute atomic E-state index is 0.0766. The Morgan fingerprint density at radius 3 is 2.46 bits per heavy atom. The number of hydrogen-bond donors (Lipinski definition) is 1. The lowest BCUT2D eigenvalue weighted by atomic mass is 9.95. The summed E-state index contributed by atoms with van der Waals surface area (Å²) in [5.41, 5.74) is 0.395. The van der Waals surface area contributed by atoms with Crippen molar-refractivity contribution in [1.29, 1.82) is 0 Å². The number of aromatic nitrogens is 2. The van der Waals surface area contributed by atoms with Crippen LogP contribution in [-0.2, 0) is 17.8 Å². The molecule has 1 N–H and O–H groups in total. The monoisotopic (exact) mass is 397 g/mol. The number of ketones is 1. The second-order valence-corrected chi connectivity index (χ2v) is 8.78. The first-order valence-electron chi connectivity index (χ1n) is 9.11. The van der Waals surface area contributed by atoms with Gasteiger partial charge in [0.1, 0.15) is 4.83 Å². The molecule has 146 valence electrons. The van der Waals surface area contributed by atoms with E-state index in [1.54, 1.807) is 24.3 Å². The third kappa shape index (κ3) is 4.20. The summed E-state index contributed by atoms with van der Waals surface area (Å²) in [6.07, 6.45) is 2.27. The highest BCUT2D eigenvalue weighted by Crippen LogP contribution is 2.21. The Bertz CT molecular complexity index is 1090. The highest BCUT2D eigenvalue weighted by molar-refractivity contribution is 7.18. The molecule has 28 heavy (non-hydrogen) atoms. The van der Waals surface area contributed by atoms with E-state index in [1.807, 2.05) is 33.8 Å². The standard InChI is InChI=1S/C21H23N3O3S/c1-5-15-10-16-18(28-15)22-12-24(19(16)26)11-17(25)13-6-8-14(9-7-13)23-20(27)21(2,3)4/h6-10,12H,5,11H2,1-4H3,(H,23,27). The predicted octanol–water partition coefficient (Wildman–Crippen LogP) is 3.89. The van der Waals surface area contributed by atoms with E-state index in [1.165, 1.54) is 22.2 Å². The van der Waals surface area contributed by atoms with Crippen LogP contribution in [-0.4, -0.2) is 21.2 Å². The molecule has 0 aliphatic carbocycles. The zero-order chi connectivity index (χ0) is 20.5. The van der Waals surface area contributed by atoms with Gasteiger partial charge in [0.15, 0.2) is 5.78 Å². The van der Waals surface area contributed by atoms with E-state index in [2.05, 4.69) is 10.3 Å². The minimum Gasteiger partial charge on any atom is -0.326 e. The molecule has 0 unspecified atom stereocenters. The maximum atomic E-state index is 12.6. The van der Waals surface area contributed by atoms with Crippen molar-refractivity contribution in [2.24, 2.45) is 5.41 Å². The quantitative estimate of drug-likeness (QED) is 0.662. The number of carbonyl (C=O) groups is 2. The number of anilines is 1. The number of rotatable bonds is 5. The molecule has 6 nitrogen and oxygen atoms in total. The number of Topliss-reactive ketones (excluding diaryl/α,β-unsaturated/α-hetero) is 1. The maximum absolute atomic E-state index is 12.6. The topological polar surface area (TPSA) is 81.1 Å². The fourth-order valence-corrected chi connectivity index (χ4v) is 3.53. The highest BCUT2D eigenvalue weighted by atomic mass is 32.1. The lowest BCUT2D eigenvalue weighted by Crippen LogP contribution is -2.27. The number of carbonyl (C=O) groups excluding carboxylic acids is 2. The van der Waals surface area contributed by atoms with Crippen molar-refractivity contribution in [3.05, 3.63) is 57.5 Å². The van der Waals surface area contributed by atoms with Crippen molar-refractivity contribution >= 4 is 38.9 Å². The summed E-state index contributed by atoms with van der Waals surface area (Å²) in [7, 11) is 0. The van der Waals surface area contributed by atoms with E-state index in [-0.39, 0.29) is 23.8 Å². The molecule has 0 saturated heterocycles. The second-order valence-electron chi connectivity index (χ2n) is 7.67. The zero-order valence-electron chi connectivity index (χ0n) is 16.4. The Balaban J connectivity index is 1.76. The average Bonchev–Trinajstić information content (AvgIpc) is 3.08. The van der Waals surface area contributed by atoms with Crippen molar-refractivity contribution < 1.29 is 9.59 Å². The molecule has 1 aromatic carbocycles. The van der Waals surface area contributed by atoms with Crippen molar-refractivity contribution in [1.82, 2.24) is 9.55 Å². The summed E-state index contributed by atoms with van der Waals surface area (Å²) in [6.45, 7) is 7.45. The van der Waals surface area contributed by atoms with Gasteiger partial charge in [-0.1, -0.05) is 27.7 Å². The fraction of sp³-hybridized carbons (Fsp3) is 0.333. The number of hydrogen-bond acceptors (Lipinski definition) is 5. The van der Waals surface area contributed by atoms with E-state index in [0.717, 1.165) is 11.3 Å². The molecule has 2 heterocycles. The van der Waals surface area contributed by atoms with Crippen LogP contribution >= 0.6 is 11.3 Å². The molecule has 0 aliphatic rings. The molecule has 3 aromatic rings. The molecular weight excluding hydrogens is 374 g/mol. The van der Waals surface area contributed by atoms with E-state index in [9.17, 15) is 14.4 Å². The molecular formula is C21H23N3O3S. The third-order valence-corrected chi connectivity index (χ3v) is 5.56. The average molecular weight is 398 g/mol. The summed E-state index contributed by atoms with van der Waals surface area (Å²) in [4.78, 5) is 43.3. The van der Waals surface area contributed by atoms with Crippen LogP contribution in [0.5, 0.6) is 0 Å². The molecule has 0 fully saturated rings. The van der Waals surface area contributed by atoms with Gasteiger partial charge in [0, 0.05) is 21.5 Å². The van der Waals surface area contributed by atoms with Crippen molar-refractivity contribution in [2.75, 3.05) is 5.32 Å². The Hall–Kier alpha value is -2.80. The molecule has 0 aliphatic heterocycles. The van der Waals surface area contributed by atoms with E-state index >= 15 is 0 Å². The molecule has 0 bridgehead atoms. The van der Waals surface area contributed by atoms with Gasteiger partial charge >= 0.3 is 0 Å². The normalized spacial score (nSPS) is 11.6. The first-order valence-corrected chi connectivity index (χ1v) is 9.93. The van der Waals surface area contributed by atoms with Crippen LogP contribution < -0.4 is 10.9 Å². The first kappa shape index (κ1) is 19.9. The van der Waals surface area contributed by atoms with Gasteiger partial charge in [-0.15, -0.1) is 11.3 Å². The van der Waals surface area contributed by atoms with Gasteiger partial charge in [-0.2, -0.15) is 0 Å². The van der Waals surface area contributed by atoms with Crippen LogP contribution in [0.15, 0.2) is 41.5 Å². The third-order valence-electron chi connectivity index (χ3n) is 4.38. The summed E-state index contributed by atoms with van der Waals surface area (Å²) in [5, 5.41) is 3.37. The number of thiophene rings is 1. The molecule has 3 rings (SSSR count). The zero-order valence-corrected chi connectivity index (χ0v) is 17.2. The van der Waals surface area contributed by atoms with E-state index in [4.69, 9.17) is 0 Å². The van der Waals surface area contributed by atoms with Crippen LogP contribution in [0.25, 0.3) is 10.2 Å². The van der Waals surface area contributed by atoms with Gasteiger partial charge in [0.25, 0.3) is 5.56 Å². The van der Waals surface area contributed by atoms with E-state index < -0.39 is 5.41 Å². The summed E-state index contributed by atoms with van der Waals surface area (Å²) >= 11 is 1.50. The molecule has 0 spiro atoms. The second kappa shape index (κ2) is 7.67. The largest absolute Gasteiger partial charge is 0.326 e. The molecule has 2 aromatic heterocycles. The van der Waals surface area contributed by atoms with E-state index in [0.29, 0.717) is 21.5 Å². The lowest BCUT2D eigenvalue weighted by molar-refractivity contribution is -0.123. The molecule has 1 amide bonds. The highest BCUT2D eigenvalue weighted by Gasteiger charge is 2.21. The van der Waals surface area contributed by atoms with Crippen LogP contribution in [0, 0.1) is 5.41 Å². The Morgan fingerprint density at radius 1 is 1.18 bits per heavy atom. The summed E-state index contributed by atoms with van der Waals surface area (Å²) in [5.74, 6) is -0.289. The minimum atomic E-state index is -0.499. The number of benzene rings is 1.